The monoisotopic (exact) mass is 465 g/mol. The molecule has 6 rings (SSSR count). The van der Waals surface area contributed by atoms with Crippen molar-refractivity contribution in [2.75, 3.05) is 17.3 Å². The van der Waals surface area contributed by atoms with E-state index in [1.54, 1.807) is 55.6 Å². The number of amides is 3. The molecule has 4 atom stereocenters. The average molecular weight is 466 g/mol. The molecule has 1 N–H and O–H groups in total. The van der Waals surface area contributed by atoms with Crippen molar-refractivity contribution in [3.05, 3.63) is 96.2 Å². The number of imide groups is 1. The van der Waals surface area contributed by atoms with Gasteiger partial charge in [0.05, 0.1) is 30.7 Å². The molecule has 35 heavy (non-hydrogen) atoms. The summed E-state index contributed by atoms with van der Waals surface area (Å²) in [4.78, 5) is 44.3. The number of carbonyl (C=O) groups is 3. The van der Waals surface area contributed by atoms with Crippen LogP contribution in [0, 0.1) is 11.8 Å². The minimum atomic E-state index is -0.832. The fourth-order valence-electron chi connectivity index (χ4n) is 5.58. The van der Waals surface area contributed by atoms with Crippen molar-refractivity contribution in [3.63, 3.8) is 0 Å². The predicted octanol–water partition coefficient (Wildman–Crippen LogP) is 3.85. The molecular weight excluding hydrogens is 442 g/mol. The molecule has 0 radical (unpaired) electrons. The Bertz CT molecular complexity index is 1350. The lowest BCUT2D eigenvalue weighted by Crippen LogP contribution is -2.46. The van der Waals surface area contributed by atoms with E-state index in [1.165, 1.54) is 4.90 Å². The first-order valence-electron chi connectivity index (χ1n) is 11.5. The number of rotatable bonds is 4. The van der Waals surface area contributed by atoms with Crippen molar-refractivity contribution >= 4 is 35.2 Å². The van der Waals surface area contributed by atoms with Crippen molar-refractivity contribution in [2.24, 2.45) is 11.8 Å². The van der Waals surface area contributed by atoms with Crippen molar-refractivity contribution in [1.82, 2.24) is 4.90 Å². The van der Waals surface area contributed by atoms with Crippen LogP contribution in [0.5, 0.6) is 5.75 Å². The molecule has 174 valence electrons. The third-order valence-electron chi connectivity index (χ3n) is 7.10. The largest absolute Gasteiger partial charge is 0.497 e. The number of para-hydroxylation sites is 1. The summed E-state index contributed by atoms with van der Waals surface area (Å²) in [6.45, 7) is 0. The highest BCUT2D eigenvalue weighted by Gasteiger charge is 2.64. The number of fused-ring (bicyclic) bond motifs is 5. The van der Waals surface area contributed by atoms with Gasteiger partial charge in [0.2, 0.25) is 17.7 Å². The number of nitrogens with zero attached hydrogens (tertiary/aromatic N) is 2. The van der Waals surface area contributed by atoms with E-state index in [0.29, 0.717) is 17.1 Å². The molecule has 2 saturated heterocycles. The minimum absolute atomic E-state index is 0.272. The van der Waals surface area contributed by atoms with Gasteiger partial charge < -0.3 is 15.0 Å². The maximum Gasteiger partial charge on any atom is 0.247 e. The summed E-state index contributed by atoms with van der Waals surface area (Å²) in [6, 6.07) is 22.5. The summed E-state index contributed by atoms with van der Waals surface area (Å²) in [7, 11) is 1.58. The highest BCUT2D eigenvalue weighted by Crippen LogP contribution is 2.53. The van der Waals surface area contributed by atoms with Crippen LogP contribution in [-0.2, 0) is 14.4 Å². The molecule has 3 aliphatic rings. The zero-order valence-corrected chi connectivity index (χ0v) is 19.0. The molecule has 3 aromatic rings. The fourth-order valence-corrected chi connectivity index (χ4v) is 5.58. The summed E-state index contributed by atoms with van der Waals surface area (Å²) < 4.78 is 5.20. The number of hydrogen-bond donors (Lipinski definition) is 1. The number of anilines is 2. The molecule has 3 amide bonds. The summed E-state index contributed by atoms with van der Waals surface area (Å²) in [5, 5.41) is 2.94. The van der Waals surface area contributed by atoms with Crippen LogP contribution >= 0.6 is 0 Å². The van der Waals surface area contributed by atoms with Gasteiger partial charge in [0.1, 0.15) is 11.8 Å². The third-order valence-corrected chi connectivity index (χ3v) is 7.10. The second-order valence-corrected chi connectivity index (χ2v) is 8.90. The van der Waals surface area contributed by atoms with E-state index < -0.39 is 23.9 Å². The third kappa shape index (κ3) is 3.23. The van der Waals surface area contributed by atoms with Gasteiger partial charge in [-0.3, -0.25) is 14.4 Å². The number of benzene rings is 3. The second kappa shape index (κ2) is 8.13. The van der Waals surface area contributed by atoms with Gasteiger partial charge >= 0.3 is 0 Å². The van der Waals surface area contributed by atoms with E-state index in [0.717, 1.165) is 11.1 Å². The average Bonchev–Trinajstić information content (AvgIpc) is 3.37. The Morgan fingerprint density at radius 2 is 1.54 bits per heavy atom. The van der Waals surface area contributed by atoms with Crippen LogP contribution in [-0.4, -0.2) is 35.8 Å². The number of methoxy groups -OCH3 is 1. The van der Waals surface area contributed by atoms with Gasteiger partial charge in [0.25, 0.3) is 0 Å². The second-order valence-electron chi connectivity index (χ2n) is 8.90. The summed E-state index contributed by atoms with van der Waals surface area (Å²) in [6.07, 6.45) is 3.78. The Labute approximate surface area is 202 Å². The van der Waals surface area contributed by atoms with Crippen LogP contribution in [0.3, 0.4) is 0 Å². The molecule has 0 unspecified atom stereocenters. The zero-order chi connectivity index (χ0) is 24.1. The number of hydrogen-bond acceptors (Lipinski definition) is 5. The van der Waals surface area contributed by atoms with Crippen molar-refractivity contribution in [2.45, 2.75) is 12.1 Å². The van der Waals surface area contributed by atoms with Gasteiger partial charge in [0, 0.05) is 11.9 Å². The number of nitrogens with one attached hydrogen (secondary N) is 1. The van der Waals surface area contributed by atoms with Gasteiger partial charge in [-0.1, -0.05) is 42.5 Å². The van der Waals surface area contributed by atoms with Gasteiger partial charge in [-0.2, -0.15) is 0 Å². The van der Waals surface area contributed by atoms with Gasteiger partial charge in [-0.25, -0.2) is 4.90 Å². The summed E-state index contributed by atoms with van der Waals surface area (Å²) >= 11 is 0. The first-order chi connectivity index (χ1) is 17.1. The van der Waals surface area contributed by atoms with E-state index >= 15 is 0 Å². The minimum Gasteiger partial charge on any atom is -0.497 e. The molecule has 0 bridgehead atoms. The van der Waals surface area contributed by atoms with Crippen molar-refractivity contribution in [1.29, 1.82) is 0 Å². The van der Waals surface area contributed by atoms with Crippen LogP contribution in [0.25, 0.3) is 6.08 Å². The SMILES string of the molecule is COc1ccc(NC(=O)[C@H]2[C@H]3C(=O)N(c4ccccc4)C(=O)[C@@H]3[C@H]3c4ccccc4C=CN32)cc1. The topological polar surface area (TPSA) is 79.0 Å². The molecule has 3 aliphatic heterocycles. The van der Waals surface area contributed by atoms with Crippen LogP contribution in [0.4, 0.5) is 11.4 Å². The zero-order valence-electron chi connectivity index (χ0n) is 19.0. The highest BCUT2D eigenvalue weighted by atomic mass is 16.5. The van der Waals surface area contributed by atoms with E-state index in [-0.39, 0.29) is 17.7 Å². The van der Waals surface area contributed by atoms with E-state index in [2.05, 4.69) is 5.32 Å². The Balaban J connectivity index is 1.42. The van der Waals surface area contributed by atoms with E-state index in [1.807, 2.05) is 47.5 Å². The molecule has 0 saturated carbocycles. The van der Waals surface area contributed by atoms with Crippen LogP contribution in [0.15, 0.2) is 85.1 Å². The lowest BCUT2D eigenvalue weighted by molar-refractivity contribution is -0.128. The van der Waals surface area contributed by atoms with Crippen molar-refractivity contribution in [3.8, 4) is 5.75 Å². The number of ether oxygens (including phenoxy) is 1. The van der Waals surface area contributed by atoms with Gasteiger partial charge in [-0.15, -0.1) is 0 Å². The molecule has 7 heteroatoms. The molecule has 2 fully saturated rings. The van der Waals surface area contributed by atoms with Gasteiger partial charge in [0.15, 0.2) is 0 Å². The molecule has 0 aromatic heterocycles. The standard InChI is InChI=1S/C28H23N3O4/c1-35-20-13-11-18(12-14-20)29-26(32)25-23-22(24-21-10-6-5-7-17(21)15-16-30(24)25)27(33)31(28(23)34)19-8-3-2-4-9-19/h2-16,22-25H,1H3,(H,29,32)/t22-,23-,24+,25+/m0/s1. The predicted molar refractivity (Wildman–Crippen MR) is 131 cm³/mol. The molecule has 3 heterocycles. The van der Waals surface area contributed by atoms with E-state index in [4.69, 9.17) is 4.74 Å². The van der Waals surface area contributed by atoms with Crippen molar-refractivity contribution < 1.29 is 19.1 Å². The normalized spacial score (nSPS) is 24.1. The lowest BCUT2D eigenvalue weighted by Gasteiger charge is -2.35. The lowest BCUT2D eigenvalue weighted by atomic mass is 9.84. The Morgan fingerprint density at radius 1 is 0.857 bits per heavy atom. The van der Waals surface area contributed by atoms with Crippen LogP contribution in [0.1, 0.15) is 17.2 Å². The Hall–Kier alpha value is -4.39. The Morgan fingerprint density at radius 3 is 2.29 bits per heavy atom. The quantitative estimate of drug-likeness (QED) is 0.592. The molecule has 0 spiro atoms. The fraction of sp³-hybridized carbons (Fsp3) is 0.179. The molecule has 3 aromatic carbocycles. The van der Waals surface area contributed by atoms with E-state index in [9.17, 15) is 14.4 Å². The number of carbonyl (C=O) groups excluding carboxylic acids is 3. The molecular formula is C28H23N3O4. The highest BCUT2D eigenvalue weighted by molar-refractivity contribution is 6.24. The maximum atomic E-state index is 13.8. The first kappa shape index (κ1) is 21.2. The molecule has 7 nitrogen and oxygen atoms in total. The van der Waals surface area contributed by atoms with Crippen LogP contribution < -0.4 is 15.0 Å². The summed E-state index contributed by atoms with van der Waals surface area (Å²) in [5.41, 5.74) is 3.05. The van der Waals surface area contributed by atoms with Crippen LogP contribution in [0.2, 0.25) is 0 Å². The first-order valence-corrected chi connectivity index (χ1v) is 11.5. The smallest absolute Gasteiger partial charge is 0.247 e. The Kier molecular flexibility index (Phi) is 4.91. The van der Waals surface area contributed by atoms with Gasteiger partial charge in [-0.05, 0) is 53.6 Å². The molecule has 0 aliphatic carbocycles. The maximum absolute atomic E-state index is 13.8. The summed E-state index contributed by atoms with van der Waals surface area (Å²) in [5.74, 6) is -1.74.